The molecule has 0 spiro atoms. The largest absolute Gasteiger partial charge is 0.369 e. The smallest absolute Gasteiger partial charge is 0.244 e. The van der Waals surface area contributed by atoms with Gasteiger partial charge in [0.25, 0.3) is 0 Å². The summed E-state index contributed by atoms with van der Waals surface area (Å²) < 4.78 is 14.2. The molecule has 2 rings (SSSR count). The minimum atomic E-state index is -0.899. The lowest BCUT2D eigenvalue weighted by Crippen LogP contribution is -2.50. The Labute approximate surface area is 125 Å². The maximum atomic E-state index is 14.2. The Morgan fingerprint density at radius 1 is 1.33 bits per heavy atom. The third-order valence-corrected chi connectivity index (χ3v) is 4.37. The van der Waals surface area contributed by atoms with Crippen LogP contribution in [0.4, 0.5) is 15.8 Å². The van der Waals surface area contributed by atoms with Gasteiger partial charge in [0.15, 0.2) is 0 Å². The maximum Gasteiger partial charge on any atom is 0.244 e. The zero-order chi connectivity index (χ0) is 15.5. The zero-order valence-corrected chi connectivity index (χ0v) is 12.8. The fourth-order valence-corrected chi connectivity index (χ4v) is 2.63. The molecule has 0 radical (unpaired) electrons. The van der Waals surface area contributed by atoms with Crippen molar-refractivity contribution in [3.8, 4) is 0 Å². The van der Waals surface area contributed by atoms with Gasteiger partial charge >= 0.3 is 0 Å². The number of amides is 1. The van der Waals surface area contributed by atoms with E-state index in [4.69, 9.17) is 5.73 Å². The Bertz CT molecular complexity index is 508. The predicted molar refractivity (Wildman–Crippen MR) is 84.0 cm³/mol. The van der Waals surface area contributed by atoms with Crippen molar-refractivity contribution in [2.24, 2.45) is 5.73 Å². The highest BCUT2D eigenvalue weighted by Crippen LogP contribution is 2.26. The Balaban J connectivity index is 2.11. The summed E-state index contributed by atoms with van der Waals surface area (Å²) in [5.41, 5.74) is 6.21. The number of carbonyl (C=O) groups is 1. The van der Waals surface area contributed by atoms with E-state index in [0.29, 0.717) is 24.2 Å². The quantitative estimate of drug-likeness (QED) is 0.877. The van der Waals surface area contributed by atoms with Crippen molar-refractivity contribution in [3.05, 3.63) is 24.0 Å². The summed E-state index contributed by atoms with van der Waals surface area (Å²) in [7, 11) is 0. The third kappa shape index (κ3) is 3.35. The number of benzene rings is 1. The summed E-state index contributed by atoms with van der Waals surface area (Å²) in [6, 6.07) is 4.84. The molecule has 1 amide bonds. The lowest BCUT2D eigenvalue weighted by Gasteiger charge is -2.25. The van der Waals surface area contributed by atoms with Gasteiger partial charge in [0.2, 0.25) is 5.91 Å². The van der Waals surface area contributed by atoms with E-state index in [2.05, 4.69) is 5.32 Å². The second kappa shape index (κ2) is 6.43. The van der Waals surface area contributed by atoms with E-state index in [0.717, 1.165) is 25.9 Å². The summed E-state index contributed by atoms with van der Waals surface area (Å²) in [4.78, 5) is 14.2. The van der Waals surface area contributed by atoms with Crippen molar-refractivity contribution >= 4 is 17.3 Å². The van der Waals surface area contributed by atoms with Crippen LogP contribution in [0.1, 0.15) is 39.5 Å². The molecule has 0 unspecified atom stereocenters. The van der Waals surface area contributed by atoms with Gasteiger partial charge in [0, 0.05) is 18.8 Å². The van der Waals surface area contributed by atoms with Gasteiger partial charge in [-0.3, -0.25) is 4.79 Å². The summed E-state index contributed by atoms with van der Waals surface area (Å²) in [6.45, 7) is 5.53. The summed E-state index contributed by atoms with van der Waals surface area (Å²) in [6.07, 6.45) is 3.29. The van der Waals surface area contributed by atoms with Gasteiger partial charge in [0.05, 0.1) is 11.2 Å². The Morgan fingerprint density at radius 2 is 1.95 bits per heavy atom. The SMILES string of the molecule is CCC(N)(CC)C(=O)Nc1ccc(N2CCCC2)c(F)c1. The Hall–Kier alpha value is -1.62. The molecule has 4 nitrogen and oxygen atoms in total. The molecule has 21 heavy (non-hydrogen) atoms. The van der Waals surface area contributed by atoms with Gasteiger partial charge in [-0.05, 0) is 43.9 Å². The van der Waals surface area contributed by atoms with E-state index in [1.807, 2.05) is 18.7 Å². The number of hydrogen-bond donors (Lipinski definition) is 2. The number of nitrogens with two attached hydrogens (primary N) is 1. The molecule has 0 saturated carbocycles. The highest BCUT2D eigenvalue weighted by atomic mass is 19.1. The first kappa shape index (κ1) is 15.8. The molecule has 0 bridgehead atoms. The average Bonchev–Trinajstić information content (AvgIpc) is 3.00. The van der Waals surface area contributed by atoms with Crippen LogP contribution >= 0.6 is 0 Å². The minimum Gasteiger partial charge on any atom is -0.369 e. The molecule has 1 aromatic carbocycles. The van der Waals surface area contributed by atoms with Crippen LogP contribution in [0.3, 0.4) is 0 Å². The molecule has 116 valence electrons. The number of halogens is 1. The van der Waals surface area contributed by atoms with E-state index >= 15 is 0 Å². The first-order valence-electron chi connectivity index (χ1n) is 7.65. The van der Waals surface area contributed by atoms with Crippen LogP contribution in [-0.4, -0.2) is 24.5 Å². The van der Waals surface area contributed by atoms with E-state index in [1.54, 1.807) is 12.1 Å². The minimum absolute atomic E-state index is 0.263. The van der Waals surface area contributed by atoms with Crippen LogP contribution in [-0.2, 0) is 4.79 Å². The van der Waals surface area contributed by atoms with Gasteiger partial charge in [-0.1, -0.05) is 13.8 Å². The summed E-state index contributed by atoms with van der Waals surface area (Å²) in [5, 5.41) is 2.72. The Kier molecular flexibility index (Phi) is 4.83. The molecule has 1 aliphatic heterocycles. The molecule has 0 aromatic heterocycles. The van der Waals surface area contributed by atoms with E-state index in [-0.39, 0.29) is 11.7 Å². The third-order valence-electron chi connectivity index (χ3n) is 4.37. The number of hydrogen-bond acceptors (Lipinski definition) is 3. The molecule has 1 heterocycles. The lowest BCUT2D eigenvalue weighted by atomic mass is 9.93. The normalized spacial score (nSPS) is 15.3. The van der Waals surface area contributed by atoms with Gasteiger partial charge in [-0.15, -0.1) is 0 Å². The van der Waals surface area contributed by atoms with Crippen molar-refractivity contribution in [2.75, 3.05) is 23.3 Å². The van der Waals surface area contributed by atoms with E-state index in [9.17, 15) is 9.18 Å². The summed E-state index contributed by atoms with van der Waals surface area (Å²) in [5.74, 6) is -0.564. The second-order valence-electron chi connectivity index (χ2n) is 5.68. The fraction of sp³-hybridized carbons (Fsp3) is 0.562. The van der Waals surface area contributed by atoms with Crippen LogP contribution in [0.5, 0.6) is 0 Å². The number of nitrogens with one attached hydrogen (secondary N) is 1. The molecule has 5 heteroatoms. The molecule has 1 aliphatic rings. The van der Waals surface area contributed by atoms with Crippen LogP contribution in [0.15, 0.2) is 18.2 Å². The standard InChI is InChI=1S/C16H24FN3O/c1-3-16(18,4-2)15(21)19-12-7-8-14(13(17)11-12)20-9-5-6-10-20/h7-8,11H,3-6,9-10,18H2,1-2H3,(H,19,21). The monoisotopic (exact) mass is 293 g/mol. The van der Waals surface area contributed by atoms with Crippen molar-refractivity contribution in [1.82, 2.24) is 0 Å². The molecule has 1 aromatic rings. The zero-order valence-electron chi connectivity index (χ0n) is 12.8. The van der Waals surface area contributed by atoms with Crippen LogP contribution in [0.2, 0.25) is 0 Å². The molecule has 0 atom stereocenters. The van der Waals surface area contributed by atoms with Crippen LogP contribution < -0.4 is 16.0 Å². The molecule has 3 N–H and O–H groups in total. The average molecular weight is 293 g/mol. The van der Waals surface area contributed by atoms with Crippen molar-refractivity contribution < 1.29 is 9.18 Å². The molecular formula is C16H24FN3O. The molecule has 1 fully saturated rings. The second-order valence-corrected chi connectivity index (χ2v) is 5.68. The van der Waals surface area contributed by atoms with Crippen LogP contribution in [0.25, 0.3) is 0 Å². The van der Waals surface area contributed by atoms with Gasteiger partial charge in [-0.25, -0.2) is 4.39 Å². The maximum absolute atomic E-state index is 14.2. The lowest BCUT2D eigenvalue weighted by molar-refractivity contribution is -0.121. The van der Waals surface area contributed by atoms with Crippen molar-refractivity contribution in [2.45, 2.75) is 45.1 Å². The number of nitrogens with zero attached hydrogens (tertiary/aromatic N) is 1. The van der Waals surface area contributed by atoms with E-state index in [1.165, 1.54) is 6.07 Å². The molecular weight excluding hydrogens is 269 g/mol. The molecule has 0 aliphatic carbocycles. The van der Waals surface area contributed by atoms with Crippen LogP contribution in [0, 0.1) is 5.82 Å². The number of rotatable bonds is 5. The van der Waals surface area contributed by atoms with Crippen molar-refractivity contribution in [3.63, 3.8) is 0 Å². The first-order chi connectivity index (χ1) is 10.00. The summed E-state index contributed by atoms with van der Waals surface area (Å²) >= 11 is 0. The van der Waals surface area contributed by atoms with Gasteiger partial charge in [-0.2, -0.15) is 0 Å². The van der Waals surface area contributed by atoms with Gasteiger partial charge < -0.3 is 16.0 Å². The molecule has 1 saturated heterocycles. The fourth-order valence-electron chi connectivity index (χ4n) is 2.63. The highest BCUT2D eigenvalue weighted by Gasteiger charge is 2.30. The van der Waals surface area contributed by atoms with E-state index < -0.39 is 5.54 Å². The number of carbonyl (C=O) groups excluding carboxylic acids is 1. The number of anilines is 2. The predicted octanol–water partition coefficient (Wildman–Crippen LogP) is 2.88. The topological polar surface area (TPSA) is 58.4 Å². The first-order valence-corrected chi connectivity index (χ1v) is 7.65. The highest BCUT2D eigenvalue weighted by molar-refractivity contribution is 5.98. The van der Waals surface area contributed by atoms with Crippen molar-refractivity contribution in [1.29, 1.82) is 0 Å². The van der Waals surface area contributed by atoms with Gasteiger partial charge in [0.1, 0.15) is 5.82 Å². The Morgan fingerprint density at radius 3 is 2.48 bits per heavy atom.